The van der Waals surface area contributed by atoms with Gasteiger partial charge in [-0.2, -0.15) is 0 Å². The van der Waals surface area contributed by atoms with Crippen molar-refractivity contribution in [1.82, 2.24) is 0 Å². The topological polar surface area (TPSA) is 81.8 Å². The lowest BCUT2D eigenvalue weighted by atomic mass is 10.2. The van der Waals surface area contributed by atoms with Crippen molar-refractivity contribution in [3.05, 3.63) is 99.1 Å². The number of carbonyl (C=O) groups excluding carboxylic acids is 1. The van der Waals surface area contributed by atoms with E-state index in [1.165, 1.54) is 18.3 Å². The molecular weight excluding hydrogens is 368 g/mol. The maximum atomic E-state index is 12.1. The van der Waals surface area contributed by atoms with Crippen LogP contribution in [0.2, 0.25) is 5.02 Å². The molecular formula is C20H13ClN2O4. The average Bonchev–Trinajstić information content (AvgIpc) is 2.68. The van der Waals surface area contributed by atoms with Crippen molar-refractivity contribution in [3.63, 3.8) is 0 Å². The third kappa shape index (κ3) is 4.56. The van der Waals surface area contributed by atoms with Gasteiger partial charge < -0.3 is 4.74 Å². The minimum absolute atomic E-state index is 0.135. The molecule has 3 rings (SSSR count). The molecule has 0 fully saturated rings. The lowest BCUT2D eigenvalue weighted by Gasteiger charge is -2.06. The first-order chi connectivity index (χ1) is 13.0. The fourth-order valence-electron chi connectivity index (χ4n) is 2.28. The Morgan fingerprint density at radius 1 is 1.04 bits per heavy atom. The Bertz CT molecular complexity index is 1020. The second-order valence-electron chi connectivity index (χ2n) is 5.45. The maximum Gasteiger partial charge on any atom is 0.343 e. The summed E-state index contributed by atoms with van der Waals surface area (Å²) in [6.45, 7) is 0. The molecule has 6 nitrogen and oxygen atoms in total. The molecule has 0 unspecified atom stereocenters. The molecule has 7 heteroatoms. The van der Waals surface area contributed by atoms with Crippen LogP contribution in [0, 0.1) is 10.1 Å². The van der Waals surface area contributed by atoms with Gasteiger partial charge in [0.25, 0.3) is 0 Å². The second kappa shape index (κ2) is 8.25. The zero-order valence-electron chi connectivity index (χ0n) is 13.9. The standard InChI is InChI=1S/C20H13ClN2O4/c21-16-8-4-5-9-17(16)22-13-14-10-11-19(18(12-14)23(25)26)27-20(24)15-6-2-1-3-7-15/h1-13H. The number of para-hydroxylation sites is 1. The Morgan fingerprint density at radius 2 is 1.74 bits per heavy atom. The molecule has 0 atom stereocenters. The smallest absolute Gasteiger partial charge is 0.343 e. The largest absolute Gasteiger partial charge is 0.416 e. The zero-order valence-corrected chi connectivity index (χ0v) is 14.7. The van der Waals surface area contributed by atoms with Crippen molar-refractivity contribution in [3.8, 4) is 5.75 Å². The lowest BCUT2D eigenvalue weighted by Crippen LogP contribution is -2.09. The van der Waals surface area contributed by atoms with Crippen LogP contribution < -0.4 is 4.74 Å². The van der Waals surface area contributed by atoms with E-state index in [1.807, 2.05) is 0 Å². The summed E-state index contributed by atoms with van der Waals surface area (Å²) in [4.78, 5) is 27.1. The van der Waals surface area contributed by atoms with Crippen LogP contribution in [0.4, 0.5) is 11.4 Å². The number of hydrogen-bond donors (Lipinski definition) is 0. The van der Waals surface area contributed by atoms with Gasteiger partial charge in [-0.1, -0.05) is 41.9 Å². The Balaban J connectivity index is 1.86. The molecule has 0 spiro atoms. The zero-order chi connectivity index (χ0) is 19.2. The average molecular weight is 381 g/mol. The predicted octanol–water partition coefficient (Wildman–Crippen LogP) is 5.22. The molecule has 0 heterocycles. The number of hydrogen-bond acceptors (Lipinski definition) is 5. The summed E-state index contributed by atoms with van der Waals surface area (Å²) >= 11 is 6.03. The van der Waals surface area contributed by atoms with Gasteiger partial charge in [-0.15, -0.1) is 0 Å². The van der Waals surface area contributed by atoms with E-state index >= 15 is 0 Å². The molecule has 0 aliphatic rings. The number of ether oxygens (including phenoxy) is 1. The van der Waals surface area contributed by atoms with Crippen molar-refractivity contribution in [2.75, 3.05) is 0 Å². The monoisotopic (exact) mass is 380 g/mol. The van der Waals surface area contributed by atoms with Crippen molar-refractivity contribution in [2.45, 2.75) is 0 Å². The molecule has 0 radical (unpaired) electrons. The Morgan fingerprint density at radius 3 is 2.44 bits per heavy atom. The van der Waals surface area contributed by atoms with Crippen molar-refractivity contribution in [1.29, 1.82) is 0 Å². The van der Waals surface area contributed by atoms with Crippen molar-refractivity contribution in [2.24, 2.45) is 4.99 Å². The van der Waals surface area contributed by atoms with Gasteiger partial charge in [0.2, 0.25) is 5.75 Å². The van der Waals surface area contributed by atoms with Gasteiger partial charge in [-0.25, -0.2) is 4.79 Å². The van der Waals surface area contributed by atoms with Crippen molar-refractivity contribution >= 4 is 35.2 Å². The molecule has 0 amide bonds. The number of nitro benzene ring substituents is 1. The van der Waals surface area contributed by atoms with E-state index in [-0.39, 0.29) is 11.4 Å². The van der Waals surface area contributed by atoms with E-state index in [0.717, 1.165) is 0 Å². The molecule has 3 aromatic rings. The molecule has 0 bridgehead atoms. The Kier molecular flexibility index (Phi) is 5.58. The summed E-state index contributed by atoms with van der Waals surface area (Å²) in [6.07, 6.45) is 1.46. The first kappa shape index (κ1) is 18.3. The number of rotatable bonds is 5. The van der Waals surface area contributed by atoms with Crippen LogP contribution in [0.15, 0.2) is 77.8 Å². The van der Waals surface area contributed by atoms with E-state index in [2.05, 4.69) is 4.99 Å². The van der Waals surface area contributed by atoms with Gasteiger partial charge in [0, 0.05) is 12.3 Å². The van der Waals surface area contributed by atoms with Crippen LogP contribution in [0.1, 0.15) is 15.9 Å². The SMILES string of the molecule is O=C(Oc1ccc(C=Nc2ccccc2Cl)cc1[N+](=O)[O-])c1ccccc1. The highest BCUT2D eigenvalue weighted by molar-refractivity contribution is 6.33. The van der Waals surface area contributed by atoms with Crippen LogP contribution in [0.5, 0.6) is 5.75 Å². The normalized spacial score (nSPS) is 10.7. The van der Waals surface area contributed by atoms with Crippen molar-refractivity contribution < 1.29 is 14.5 Å². The van der Waals surface area contributed by atoms with E-state index in [9.17, 15) is 14.9 Å². The van der Waals surface area contributed by atoms with Gasteiger partial charge >= 0.3 is 11.7 Å². The molecule has 0 aromatic heterocycles. The highest BCUT2D eigenvalue weighted by Gasteiger charge is 2.19. The number of nitrogens with zero attached hydrogens (tertiary/aromatic N) is 2. The first-order valence-electron chi connectivity index (χ1n) is 7.89. The van der Waals surface area contributed by atoms with E-state index in [1.54, 1.807) is 60.7 Å². The summed E-state index contributed by atoms with van der Waals surface area (Å²) in [5.74, 6) is -0.806. The van der Waals surface area contributed by atoms with E-state index in [4.69, 9.17) is 16.3 Å². The lowest BCUT2D eigenvalue weighted by molar-refractivity contribution is -0.385. The maximum absolute atomic E-state index is 12.1. The van der Waals surface area contributed by atoms with Gasteiger partial charge in [0.1, 0.15) is 0 Å². The number of benzene rings is 3. The van der Waals surface area contributed by atoms with E-state index < -0.39 is 10.9 Å². The summed E-state index contributed by atoms with van der Waals surface area (Å²) < 4.78 is 5.18. The van der Waals surface area contributed by atoms with Crippen LogP contribution in [-0.2, 0) is 0 Å². The third-order valence-electron chi connectivity index (χ3n) is 3.60. The molecule has 0 N–H and O–H groups in total. The Hall–Kier alpha value is -3.51. The summed E-state index contributed by atoms with van der Waals surface area (Å²) in [5.41, 5.74) is 0.987. The summed E-state index contributed by atoms with van der Waals surface area (Å²) in [5, 5.41) is 11.8. The number of carbonyl (C=O) groups is 1. The number of aliphatic imine (C=N–C) groups is 1. The molecule has 3 aromatic carbocycles. The number of nitro groups is 1. The first-order valence-corrected chi connectivity index (χ1v) is 8.26. The van der Waals surface area contributed by atoms with Gasteiger partial charge in [-0.05, 0) is 42.0 Å². The van der Waals surface area contributed by atoms with Crippen LogP contribution >= 0.6 is 11.6 Å². The summed E-state index contributed by atoms with van der Waals surface area (Å²) in [6, 6.07) is 19.5. The minimum Gasteiger partial charge on any atom is -0.416 e. The number of halogens is 1. The molecule has 134 valence electrons. The molecule has 0 aliphatic carbocycles. The van der Waals surface area contributed by atoms with E-state index in [0.29, 0.717) is 21.8 Å². The van der Waals surface area contributed by atoms with Crippen LogP contribution in [0.3, 0.4) is 0 Å². The molecule has 0 saturated heterocycles. The fourth-order valence-corrected chi connectivity index (χ4v) is 2.46. The van der Waals surface area contributed by atoms with Crippen LogP contribution in [-0.4, -0.2) is 17.1 Å². The summed E-state index contributed by atoms with van der Waals surface area (Å²) in [7, 11) is 0. The van der Waals surface area contributed by atoms with Gasteiger partial charge in [0.15, 0.2) is 0 Å². The minimum atomic E-state index is -0.670. The molecule has 0 aliphatic heterocycles. The highest BCUT2D eigenvalue weighted by atomic mass is 35.5. The third-order valence-corrected chi connectivity index (χ3v) is 3.92. The number of esters is 1. The quantitative estimate of drug-likeness (QED) is 0.200. The molecule has 27 heavy (non-hydrogen) atoms. The second-order valence-corrected chi connectivity index (χ2v) is 5.86. The highest BCUT2D eigenvalue weighted by Crippen LogP contribution is 2.29. The Labute approximate surface area is 159 Å². The fraction of sp³-hybridized carbons (Fsp3) is 0. The predicted molar refractivity (Wildman–Crippen MR) is 103 cm³/mol. The molecule has 0 saturated carbocycles. The van der Waals surface area contributed by atoms with Gasteiger partial charge in [-0.3, -0.25) is 15.1 Å². The van der Waals surface area contributed by atoms with Gasteiger partial charge in [0.05, 0.1) is 21.2 Å². The van der Waals surface area contributed by atoms with Crippen LogP contribution in [0.25, 0.3) is 0 Å².